The molecule has 0 saturated carbocycles. The summed E-state index contributed by atoms with van der Waals surface area (Å²) >= 11 is 2.05. The normalized spacial score (nSPS) is 23.7. The molecule has 2 aliphatic rings. The molecule has 1 unspecified atom stereocenters. The molecular weight excluding hydrogens is 286 g/mol. The van der Waals surface area contributed by atoms with Crippen molar-refractivity contribution in [1.29, 1.82) is 0 Å². The lowest BCUT2D eigenvalue weighted by molar-refractivity contribution is -0.139. The molecule has 2 rings (SSSR count). The van der Waals surface area contributed by atoms with Crippen molar-refractivity contribution < 1.29 is 9.59 Å². The highest BCUT2D eigenvalue weighted by atomic mass is 32.2. The molecule has 0 aromatic rings. The number of nitrogens with zero attached hydrogens (tertiary/aromatic N) is 1. The standard InChI is InChI=1S/C15H25N3O2S/c1-2-6-16-14(19)15(20)17-10-12-3-7-18(8-4-12)13-5-9-21-11-13/h2,12-13H,1,3-11H2,(H,16,19)(H,17,20). The molecule has 0 spiro atoms. The quantitative estimate of drug-likeness (QED) is 0.577. The molecule has 2 N–H and O–H groups in total. The van der Waals surface area contributed by atoms with Crippen LogP contribution in [0.25, 0.3) is 0 Å². The van der Waals surface area contributed by atoms with Crippen LogP contribution in [0.1, 0.15) is 19.3 Å². The third-order valence-electron chi connectivity index (χ3n) is 4.24. The van der Waals surface area contributed by atoms with Gasteiger partial charge in [-0.3, -0.25) is 14.5 Å². The van der Waals surface area contributed by atoms with Gasteiger partial charge < -0.3 is 10.6 Å². The number of hydrogen-bond acceptors (Lipinski definition) is 4. The first-order chi connectivity index (χ1) is 10.2. The number of thioether (sulfide) groups is 1. The zero-order chi connectivity index (χ0) is 15.1. The molecule has 1 atom stereocenters. The number of hydrogen-bond donors (Lipinski definition) is 2. The van der Waals surface area contributed by atoms with Gasteiger partial charge >= 0.3 is 11.8 Å². The second-order valence-corrected chi connectivity index (χ2v) is 6.86. The summed E-state index contributed by atoms with van der Waals surface area (Å²) in [6.07, 6.45) is 5.09. The highest BCUT2D eigenvalue weighted by molar-refractivity contribution is 7.99. The molecule has 5 nitrogen and oxygen atoms in total. The van der Waals surface area contributed by atoms with E-state index in [1.54, 1.807) is 6.08 Å². The van der Waals surface area contributed by atoms with Gasteiger partial charge in [-0.15, -0.1) is 6.58 Å². The maximum absolute atomic E-state index is 11.6. The third kappa shape index (κ3) is 5.04. The highest BCUT2D eigenvalue weighted by Gasteiger charge is 2.27. The summed E-state index contributed by atoms with van der Waals surface area (Å²) in [5.41, 5.74) is 0. The molecule has 0 aliphatic carbocycles. The minimum absolute atomic E-state index is 0.323. The number of likely N-dealkylation sites (tertiary alicyclic amines) is 1. The maximum atomic E-state index is 11.6. The molecule has 2 fully saturated rings. The van der Waals surface area contributed by atoms with Gasteiger partial charge in [0.2, 0.25) is 0 Å². The van der Waals surface area contributed by atoms with Crippen LogP contribution in [0, 0.1) is 5.92 Å². The Bertz CT molecular complexity index is 375. The number of rotatable bonds is 5. The van der Waals surface area contributed by atoms with Gasteiger partial charge in [-0.05, 0) is 44.0 Å². The summed E-state index contributed by atoms with van der Waals surface area (Å²) in [6.45, 7) is 6.67. The summed E-state index contributed by atoms with van der Waals surface area (Å²) < 4.78 is 0. The average molecular weight is 311 g/mol. The van der Waals surface area contributed by atoms with Gasteiger partial charge in [-0.2, -0.15) is 11.8 Å². The topological polar surface area (TPSA) is 61.4 Å². The van der Waals surface area contributed by atoms with Crippen molar-refractivity contribution in [3.8, 4) is 0 Å². The Morgan fingerprint density at radius 1 is 1.19 bits per heavy atom. The smallest absolute Gasteiger partial charge is 0.309 e. The van der Waals surface area contributed by atoms with Gasteiger partial charge in [0, 0.05) is 24.9 Å². The van der Waals surface area contributed by atoms with Crippen molar-refractivity contribution in [2.45, 2.75) is 25.3 Å². The summed E-state index contributed by atoms with van der Waals surface area (Å²) in [4.78, 5) is 25.6. The number of carbonyl (C=O) groups excluding carboxylic acids is 2. The molecule has 2 saturated heterocycles. The fraction of sp³-hybridized carbons (Fsp3) is 0.733. The average Bonchev–Trinajstić information content (AvgIpc) is 3.05. The SMILES string of the molecule is C=CCNC(=O)C(=O)NCC1CCN(C2CCSC2)CC1. The zero-order valence-corrected chi connectivity index (χ0v) is 13.3. The first-order valence-corrected chi connectivity index (χ1v) is 8.85. The molecule has 21 heavy (non-hydrogen) atoms. The summed E-state index contributed by atoms with van der Waals surface area (Å²) in [5.74, 6) is 1.94. The van der Waals surface area contributed by atoms with E-state index in [0.29, 0.717) is 19.0 Å². The van der Waals surface area contributed by atoms with E-state index < -0.39 is 11.8 Å². The lowest BCUT2D eigenvalue weighted by Crippen LogP contribution is -2.45. The molecule has 2 aliphatic heterocycles. The van der Waals surface area contributed by atoms with Crippen molar-refractivity contribution in [1.82, 2.24) is 15.5 Å². The van der Waals surface area contributed by atoms with E-state index in [1.807, 2.05) is 0 Å². The van der Waals surface area contributed by atoms with Crippen molar-refractivity contribution in [2.75, 3.05) is 37.7 Å². The van der Waals surface area contributed by atoms with Crippen molar-refractivity contribution >= 4 is 23.6 Å². The summed E-state index contributed by atoms with van der Waals surface area (Å²) in [5, 5.41) is 5.22. The predicted octanol–water partition coefficient (Wildman–Crippen LogP) is 0.622. The minimum atomic E-state index is -0.574. The van der Waals surface area contributed by atoms with Gasteiger partial charge in [0.15, 0.2) is 0 Å². The Kier molecular flexibility index (Phi) is 6.57. The van der Waals surface area contributed by atoms with Crippen molar-refractivity contribution in [3.63, 3.8) is 0 Å². The predicted molar refractivity (Wildman–Crippen MR) is 86.2 cm³/mol. The summed E-state index contributed by atoms with van der Waals surface area (Å²) in [6, 6.07) is 0.759. The number of piperidine rings is 1. The largest absolute Gasteiger partial charge is 0.348 e. The molecule has 0 bridgehead atoms. The Morgan fingerprint density at radius 3 is 2.52 bits per heavy atom. The van der Waals surface area contributed by atoms with Gasteiger partial charge in [-0.1, -0.05) is 6.08 Å². The fourth-order valence-corrected chi connectivity index (χ4v) is 4.15. The molecular formula is C15H25N3O2S. The van der Waals surface area contributed by atoms with E-state index in [1.165, 1.54) is 17.9 Å². The van der Waals surface area contributed by atoms with Gasteiger partial charge in [0.1, 0.15) is 0 Å². The van der Waals surface area contributed by atoms with E-state index >= 15 is 0 Å². The molecule has 0 radical (unpaired) electrons. The molecule has 2 amide bonds. The van der Waals surface area contributed by atoms with Crippen LogP contribution in [-0.4, -0.2) is 60.4 Å². The van der Waals surface area contributed by atoms with Gasteiger partial charge in [-0.25, -0.2) is 0 Å². The van der Waals surface area contributed by atoms with Gasteiger partial charge in [0.25, 0.3) is 0 Å². The number of nitrogens with one attached hydrogen (secondary N) is 2. The fourth-order valence-electron chi connectivity index (χ4n) is 2.89. The highest BCUT2D eigenvalue weighted by Crippen LogP contribution is 2.26. The second-order valence-electron chi connectivity index (χ2n) is 5.71. The van der Waals surface area contributed by atoms with Crippen molar-refractivity contribution in [2.24, 2.45) is 5.92 Å². The van der Waals surface area contributed by atoms with Crippen LogP contribution in [0.3, 0.4) is 0 Å². The first kappa shape index (κ1) is 16.4. The van der Waals surface area contributed by atoms with Crippen LogP contribution >= 0.6 is 11.8 Å². The van der Waals surface area contributed by atoms with Crippen LogP contribution in [-0.2, 0) is 9.59 Å². The molecule has 0 aromatic heterocycles. The van der Waals surface area contributed by atoms with Crippen LogP contribution in [0.4, 0.5) is 0 Å². The monoisotopic (exact) mass is 311 g/mol. The lowest BCUT2D eigenvalue weighted by Gasteiger charge is -2.35. The Hall–Kier alpha value is -1.01. The van der Waals surface area contributed by atoms with Crippen LogP contribution < -0.4 is 10.6 Å². The number of carbonyl (C=O) groups is 2. The molecule has 118 valence electrons. The zero-order valence-electron chi connectivity index (χ0n) is 12.5. The van der Waals surface area contributed by atoms with Crippen LogP contribution in [0.15, 0.2) is 12.7 Å². The maximum Gasteiger partial charge on any atom is 0.309 e. The molecule has 0 aromatic carbocycles. The molecule has 6 heteroatoms. The van der Waals surface area contributed by atoms with Crippen molar-refractivity contribution in [3.05, 3.63) is 12.7 Å². The lowest BCUT2D eigenvalue weighted by atomic mass is 9.95. The Labute approximate surface area is 130 Å². The third-order valence-corrected chi connectivity index (χ3v) is 5.38. The second kappa shape index (κ2) is 8.44. The van der Waals surface area contributed by atoms with E-state index in [0.717, 1.165) is 32.0 Å². The Morgan fingerprint density at radius 2 is 1.90 bits per heavy atom. The van der Waals surface area contributed by atoms with Crippen LogP contribution in [0.5, 0.6) is 0 Å². The minimum Gasteiger partial charge on any atom is -0.348 e. The van der Waals surface area contributed by atoms with E-state index in [-0.39, 0.29) is 0 Å². The van der Waals surface area contributed by atoms with Crippen LogP contribution in [0.2, 0.25) is 0 Å². The Balaban J connectivity index is 1.63. The van der Waals surface area contributed by atoms with E-state index in [9.17, 15) is 9.59 Å². The van der Waals surface area contributed by atoms with E-state index in [2.05, 4.69) is 33.9 Å². The number of amides is 2. The first-order valence-electron chi connectivity index (χ1n) is 7.69. The molecule has 2 heterocycles. The van der Waals surface area contributed by atoms with Gasteiger partial charge in [0.05, 0.1) is 0 Å². The van der Waals surface area contributed by atoms with E-state index in [4.69, 9.17) is 0 Å². The summed E-state index contributed by atoms with van der Waals surface area (Å²) in [7, 11) is 0.